The Kier molecular flexibility index (Phi) is 4.01. The Morgan fingerprint density at radius 3 is 2.65 bits per heavy atom. The molecule has 0 aliphatic carbocycles. The van der Waals surface area contributed by atoms with Crippen LogP contribution in [0.25, 0.3) is 10.8 Å². The lowest BCUT2D eigenvalue weighted by molar-refractivity contribution is -0.116. The number of amides is 1. The molecule has 1 amide bonds. The van der Waals surface area contributed by atoms with E-state index in [0.29, 0.717) is 12.3 Å². The van der Waals surface area contributed by atoms with Crippen LogP contribution in [0.3, 0.4) is 0 Å². The van der Waals surface area contributed by atoms with Crippen molar-refractivity contribution < 1.29 is 10.2 Å². The molecular formula is C18H17N4O+. The van der Waals surface area contributed by atoms with Crippen LogP contribution >= 0.6 is 0 Å². The van der Waals surface area contributed by atoms with Gasteiger partial charge in [0.25, 0.3) is 5.84 Å². The molecular weight excluding hydrogens is 288 g/mol. The second-order valence-corrected chi connectivity index (χ2v) is 5.32. The molecule has 5 N–H and O–H groups in total. The lowest BCUT2D eigenvalue weighted by Gasteiger charge is -2.07. The summed E-state index contributed by atoms with van der Waals surface area (Å²) in [4.78, 5) is 16.1. The van der Waals surface area contributed by atoms with Crippen LogP contribution in [0.15, 0.2) is 60.9 Å². The summed E-state index contributed by atoms with van der Waals surface area (Å²) < 4.78 is 0. The first kappa shape index (κ1) is 14.7. The molecule has 0 radical (unpaired) electrons. The number of fused-ring (bicyclic) bond motifs is 1. The fourth-order valence-corrected chi connectivity index (χ4v) is 2.40. The maximum Gasteiger partial charge on any atom is 0.270 e. The highest BCUT2D eigenvalue weighted by Crippen LogP contribution is 2.20. The van der Waals surface area contributed by atoms with Gasteiger partial charge < -0.3 is 5.32 Å². The van der Waals surface area contributed by atoms with Crippen molar-refractivity contribution in [1.82, 2.24) is 4.98 Å². The largest absolute Gasteiger partial charge is 0.326 e. The fourth-order valence-electron chi connectivity index (χ4n) is 2.40. The van der Waals surface area contributed by atoms with Crippen LogP contribution in [0, 0.1) is 0 Å². The van der Waals surface area contributed by atoms with E-state index in [1.54, 1.807) is 12.4 Å². The summed E-state index contributed by atoms with van der Waals surface area (Å²) in [6.07, 6.45) is 3.67. The van der Waals surface area contributed by atoms with Gasteiger partial charge in [-0.25, -0.2) is 0 Å². The average molecular weight is 305 g/mol. The van der Waals surface area contributed by atoms with Gasteiger partial charge in [-0.15, -0.1) is 0 Å². The number of anilines is 1. The molecule has 23 heavy (non-hydrogen) atoms. The van der Waals surface area contributed by atoms with Gasteiger partial charge in [0.15, 0.2) is 0 Å². The molecule has 2 aromatic carbocycles. The van der Waals surface area contributed by atoms with Gasteiger partial charge in [-0.1, -0.05) is 18.2 Å². The predicted molar refractivity (Wildman–Crippen MR) is 90.7 cm³/mol. The van der Waals surface area contributed by atoms with Gasteiger partial charge >= 0.3 is 0 Å². The number of nitrogens with one attached hydrogen (secondary N) is 1. The van der Waals surface area contributed by atoms with E-state index in [-0.39, 0.29) is 5.91 Å². The summed E-state index contributed by atoms with van der Waals surface area (Å²) in [5.74, 6) is 0.217. The van der Waals surface area contributed by atoms with Crippen molar-refractivity contribution in [2.75, 3.05) is 5.32 Å². The Balaban J connectivity index is 1.77. The third-order valence-corrected chi connectivity index (χ3v) is 3.54. The molecule has 1 aromatic heterocycles. The summed E-state index contributed by atoms with van der Waals surface area (Å²) in [6.45, 7) is 0. The van der Waals surface area contributed by atoms with Crippen LogP contribution in [0.1, 0.15) is 11.1 Å². The Morgan fingerprint density at radius 1 is 1.13 bits per heavy atom. The number of pyridine rings is 1. The van der Waals surface area contributed by atoms with E-state index in [0.717, 1.165) is 27.6 Å². The summed E-state index contributed by atoms with van der Waals surface area (Å²) in [7, 11) is 0. The van der Waals surface area contributed by atoms with Crippen molar-refractivity contribution >= 4 is 28.2 Å². The molecule has 1 heterocycles. The first-order valence-electron chi connectivity index (χ1n) is 7.23. The SMILES string of the molecule is NC(=[NH2+])c1ccc2cc(NC(=O)Cc3cccnc3)ccc2c1. The Labute approximate surface area is 133 Å². The molecule has 0 unspecified atom stereocenters. The molecule has 0 saturated heterocycles. The Bertz CT molecular complexity index is 875. The molecule has 0 fully saturated rings. The van der Waals surface area contributed by atoms with Gasteiger partial charge in [-0.05, 0) is 46.7 Å². The predicted octanol–water partition coefficient (Wildman–Crippen LogP) is 0.880. The lowest BCUT2D eigenvalue weighted by Crippen LogP contribution is -2.46. The third-order valence-electron chi connectivity index (χ3n) is 3.54. The maximum absolute atomic E-state index is 12.1. The smallest absolute Gasteiger partial charge is 0.270 e. The first-order chi connectivity index (χ1) is 11.1. The number of carbonyl (C=O) groups is 1. The minimum atomic E-state index is -0.0755. The van der Waals surface area contributed by atoms with E-state index in [2.05, 4.69) is 10.3 Å². The van der Waals surface area contributed by atoms with E-state index < -0.39 is 0 Å². The second kappa shape index (κ2) is 6.27. The van der Waals surface area contributed by atoms with Gasteiger partial charge in [0, 0.05) is 18.1 Å². The van der Waals surface area contributed by atoms with Crippen molar-refractivity contribution in [3.05, 3.63) is 72.1 Å². The van der Waals surface area contributed by atoms with Crippen molar-refractivity contribution in [1.29, 1.82) is 0 Å². The minimum absolute atomic E-state index is 0.0755. The normalized spacial score (nSPS) is 10.4. The molecule has 5 heteroatoms. The van der Waals surface area contributed by atoms with Gasteiger partial charge in [0.1, 0.15) is 0 Å². The molecule has 3 rings (SSSR count). The number of aromatic nitrogens is 1. The van der Waals surface area contributed by atoms with Crippen LogP contribution in [0.5, 0.6) is 0 Å². The number of carbonyl (C=O) groups excluding carboxylic acids is 1. The topological polar surface area (TPSA) is 93.6 Å². The van der Waals surface area contributed by atoms with E-state index in [4.69, 9.17) is 11.1 Å². The highest BCUT2D eigenvalue weighted by molar-refractivity contribution is 5.99. The molecule has 114 valence electrons. The van der Waals surface area contributed by atoms with E-state index >= 15 is 0 Å². The van der Waals surface area contributed by atoms with E-state index in [1.807, 2.05) is 48.5 Å². The fraction of sp³-hybridized carbons (Fsp3) is 0.0556. The van der Waals surface area contributed by atoms with Crippen molar-refractivity contribution in [2.24, 2.45) is 5.73 Å². The Hall–Kier alpha value is -3.21. The van der Waals surface area contributed by atoms with Crippen LogP contribution in [0.2, 0.25) is 0 Å². The van der Waals surface area contributed by atoms with Gasteiger partial charge in [0.2, 0.25) is 5.91 Å². The number of rotatable bonds is 4. The zero-order chi connectivity index (χ0) is 16.2. The number of amidine groups is 1. The van der Waals surface area contributed by atoms with Crippen LogP contribution < -0.4 is 16.5 Å². The lowest BCUT2D eigenvalue weighted by atomic mass is 10.1. The van der Waals surface area contributed by atoms with Crippen molar-refractivity contribution in [3.63, 3.8) is 0 Å². The number of hydrogen-bond acceptors (Lipinski definition) is 2. The summed E-state index contributed by atoms with van der Waals surface area (Å²) >= 11 is 0. The monoisotopic (exact) mass is 305 g/mol. The molecule has 0 bridgehead atoms. The summed E-state index contributed by atoms with van der Waals surface area (Å²) in [5.41, 5.74) is 8.04. The van der Waals surface area contributed by atoms with E-state index in [9.17, 15) is 4.79 Å². The van der Waals surface area contributed by atoms with Crippen LogP contribution in [-0.4, -0.2) is 16.7 Å². The number of nitrogens with two attached hydrogens (primary N) is 2. The maximum atomic E-state index is 12.1. The first-order valence-corrected chi connectivity index (χ1v) is 7.23. The van der Waals surface area contributed by atoms with Gasteiger partial charge in [-0.2, -0.15) is 0 Å². The Morgan fingerprint density at radius 2 is 1.91 bits per heavy atom. The molecule has 3 aromatic rings. The third kappa shape index (κ3) is 3.52. The molecule has 0 spiro atoms. The highest BCUT2D eigenvalue weighted by atomic mass is 16.1. The van der Waals surface area contributed by atoms with Crippen LogP contribution in [-0.2, 0) is 11.2 Å². The number of nitrogens with zero attached hydrogens (tertiary/aromatic N) is 1. The average Bonchev–Trinajstić information content (AvgIpc) is 2.55. The zero-order valence-electron chi connectivity index (χ0n) is 12.5. The highest BCUT2D eigenvalue weighted by Gasteiger charge is 2.06. The molecule has 0 aliphatic heterocycles. The summed E-state index contributed by atoms with van der Waals surface area (Å²) in [6, 6.07) is 15.1. The standard InChI is InChI=1S/C18H16N4O/c19-18(20)15-4-3-14-10-16(6-5-13(14)9-15)22-17(23)8-12-2-1-7-21-11-12/h1-7,9-11H,8H2,(H3,19,20)(H,22,23)/p+1. The van der Waals surface area contributed by atoms with Crippen molar-refractivity contribution in [3.8, 4) is 0 Å². The quantitative estimate of drug-likeness (QED) is 0.493. The van der Waals surface area contributed by atoms with E-state index in [1.165, 1.54) is 0 Å². The number of hydrogen-bond donors (Lipinski definition) is 3. The molecule has 0 aliphatic rings. The molecule has 5 nitrogen and oxygen atoms in total. The number of benzene rings is 2. The minimum Gasteiger partial charge on any atom is -0.326 e. The second-order valence-electron chi connectivity index (χ2n) is 5.32. The van der Waals surface area contributed by atoms with Crippen molar-refractivity contribution in [2.45, 2.75) is 6.42 Å². The summed E-state index contributed by atoms with van der Waals surface area (Å²) in [5, 5.41) is 10.5. The van der Waals surface area contributed by atoms with Gasteiger partial charge in [-0.3, -0.25) is 20.9 Å². The van der Waals surface area contributed by atoms with Gasteiger partial charge in [0.05, 0.1) is 12.0 Å². The zero-order valence-corrected chi connectivity index (χ0v) is 12.5. The van der Waals surface area contributed by atoms with Crippen LogP contribution in [0.4, 0.5) is 5.69 Å². The molecule has 0 saturated carbocycles. The molecule has 0 atom stereocenters.